The fourth-order valence-electron chi connectivity index (χ4n) is 6.07. The van der Waals surface area contributed by atoms with Crippen molar-refractivity contribution in [1.29, 1.82) is 0 Å². The topological polar surface area (TPSA) is 74.6 Å². The molecule has 4 heteroatoms. The average Bonchev–Trinajstić information content (AvgIpc) is 2.88. The van der Waals surface area contributed by atoms with Gasteiger partial charge in [-0.3, -0.25) is 9.59 Å². The van der Waals surface area contributed by atoms with Crippen LogP contribution in [0.1, 0.15) is 182 Å². The van der Waals surface area contributed by atoms with Crippen LogP contribution in [0.15, 0.2) is 0 Å². The van der Waals surface area contributed by atoms with E-state index >= 15 is 0 Å². The van der Waals surface area contributed by atoms with Gasteiger partial charge < -0.3 is 10.2 Å². The van der Waals surface area contributed by atoms with Gasteiger partial charge >= 0.3 is 11.9 Å². The van der Waals surface area contributed by atoms with Crippen molar-refractivity contribution in [3.05, 3.63) is 0 Å². The average molecular weight is 525 g/mol. The van der Waals surface area contributed by atoms with Crippen LogP contribution in [0.4, 0.5) is 0 Å². The quantitative estimate of drug-likeness (QED) is 0.0998. The maximum Gasteiger partial charge on any atom is 0.309 e. The molecule has 2 atom stereocenters. The van der Waals surface area contributed by atoms with E-state index in [1.165, 1.54) is 83.5 Å². The minimum absolute atomic E-state index is 0.309. The highest BCUT2D eigenvalue weighted by Crippen LogP contribution is 2.43. The molecule has 0 bridgehead atoms. The first-order valence-corrected chi connectivity index (χ1v) is 16.3. The summed E-state index contributed by atoms with van der Waals surface area (Å²) >= 11 is 0. The van der Waals surface area contributed by atoms with Gasteiger partial charge in [-0.05, 0) is 37.5 Å². The summed E-state index contributed by atoms with van der Waals surface area (Å²) in [5.41, 5.74) is -0.534. The summed E-state index contributed by atoms with van der Waals surface area (Å²) in [7, 11) is 0. The lowest BCUT2D eigenvalue weighted by Crippen LogP contribution is -2.36. The Bertz CT molecular complexity index is 526. The highest BCUT2D eigenvalue weighted by Gasteiger charge is 2.40. The second-order valence-electron chi connectivity index (χ2n) is 12.0. The lowest BCUT2D eigenvalue weighted by molar-refractivity contribution is -0.152. The number of aliphatic carboxylic acids is 2. The standard InChI is InChI=1S/C33H64O4/c1-5-9-23-29(7-3)27-33(32(36)37,28-30(8-4)24-10-6-2)26-22-20-18-16-14-12-11-13-15-17-19-21-25-31(34)35/h29-30H,5-28H2,1-4H3,(H,34,35)(H,36,37). The highest BCUT2D eigenvalue weighted by atomic mass is 16.4. The van der Waals surface area contributed by atoms with Gasteiger partial charge in [-0.15, -0.1) is 0 Å². The molecule has 0 aliphatic rings. The normalized spacial score (nSPS) is 14.8. The van der Waals surface area contributed by atoms with E-state index in [9.17, 15) is 14.7 Å². The van der Waals surface area contributed by atoms with Crippen molar-refractivity contribution < 1.29 is 19.8 Å². The van der Waals surface area contributed by atoms with Crippen LogP contribution in [0.3, 0.4) is 0 Å². The van der Waals surface area contributed by atoms with Crippen molar-refractivity contribution >= 4 is 11.9 Å². The van der Waals surface area contributed by atoms with Gasteiger partial charge in [-0.2, -0.15) is 0 Å². The molecule has 0 saturated heterocycles. The summed E-state index contributed by atoms with van der Waals surface area (Å²) in [6.45, 7) is 8.97. The molecule has 0 spiro atoms. The lowest BCUT2D eigenvalue weighted by atomic mass is 9.67. The van der Waals surface area contributed by atoms with Crippen molar-refractivity contribution in [2.75, 3.05) is 0 Å². The first-order chi connectivity index (χ1) is 17.8. The molecular weight excluding hydrogens is 460 g/mol. The summed E-state index contributed by atoms with van der Waals surface area (Å²) in [5, 5.41) is 19.2. The van der Waals surface area contributed by atoms with Crippen LogP contribution >= 0.6 is 0 Å². The zero-order chi connectivity index (χ0) is 27.8. The number of carboxylic acids is 2. The van der Waals surface area contributed by atoms with Gasteiger partial charge in [0.2, 0.25) is 0 Å². The van der Waals surface area contributed by atoms with E-state index < -0.39 is 17.4 Å². The first-order valence-electron chi connectivity index (χ1n) is 16.3. The number of rotatable bonds is 28. The summed E-state index contributed by atoms with van der Waals surface area (Å²) in [5.74, 6) is -0.128. The molecule has 0 heterocycles. The van der Waals surface area contributed by atoms with E-state index in [1.54, 1.807) is 0 Å². The van der Waals surface area contributed by atoms with E-state index in [0.29, 0.717) is 18.3 Å². The summed E-state index contributed by atoms with van der Waals surface area (Å²) < 4.78 is 0. The van der Waals surface area contributed by atoms with Crippen LogP contribution in [-0.2, 0) is 9.59 Å². The van der Waals surface area contributed by atoms with Crippen molar-refractivity contribution in [3.8, 4) is 0 Å². The maximum atomic E-state index is 12.8. The Morgan fingerprint density at radius 3 is 1.27 bits per heavy atom. The Morgan fingerprint density at radius 1 is 0.568 bits per heavy atom. The highest BCUT2D eigenvalue weighted by molar-refractivity contribution is 5.74. The van der Waals surface area contributed by atoms with E-state index in [2.05, 4.69) is 27.7 Å². The second kappa shape index (κ2) is 24.0. The third-order valence-electron chi connectivity index (χ3n) is 8.70. The minimum atomic E-state index is -0.678. The van der Waals surface area contributed by atoms with E-state index in [4.69, 9.17) is 5.11 Å². The predicted octanol–water partition coefficient (Wildman–Crippen LogP) is 10.8. The fraction of sp³-hybridized carbons (Fsp3) is 0.939. The largest absolute Gasteiger partial charge is 0.481 e. The molecule has 0 aliphatic carbocycles. The van der Waals surface area contributed by atoms with Crippen LogP contribution in [0.2, 0.25) is 0 Å². The van der Waals surface area contributed by atoms with Gasteiger partial charge in [0.25, 0.3) is 0 Å². The molecule has 0 aromatic rings. The van der Waals surface area contributed by atoms with E-state index in [0.717, 1.165) is 64.2 Å². The van der Waals surface area contributed by atoms with Gasteiger partial charge in [-0.1, -0.05) is 150 Å². The van der Waals surface area contributed by atoms with Crippen LogP contribution in [0.25, 0.3) is 0 Å². The van der Waals surface area contributed by atoms with Gasteiger partial charge in [0, 0.05) is 6.42 Å². The molecule has 0 saturated carbocycles. The molecule has 0 aromatic heterocycles. The molecular formula is C33H64O4. The summed E-state index contributed by atoms with van der Waals surface area (Å²) in [6.07, 6.45) is 26.4. The monoisotopic (exact) mass is 524 g/mol. The first kappa shape index (κ1) is 35.9. The Morgan fingerprint density at radius 2 is 0.946 bits per heavy atom. The zero-order valence-corrected chi connectivity index (χ0v) is 25.3. The van der Waals surface area contributed by atoms with Crippen molar-refractivity contribution in [1.82, 2.24) is 0 Å². The van der Waals surface area contributed by atoms with Crippen LogP contribution in [0, 0.1) is 17.3 Å². The van der Waals surface area contributed by atoms with Crippen LogP contribution < -0.4 is 0 Å². The van der Waals surface area contributed by atoms with Gasteiger partial charge in [0.05, 0.1) is 5.41 Å². The van der Waals surface area contributed by atoms with Gasteiger partial charge in [-0.25, -0.2) is 0 Å². The van der Waals surface area contributed by atoms with E-state index in [-0.39, 0.29) is 0 Å². The Labute approximate surface area is 230 Å². The molecule has 2 N–H and O–H groups in total. The number of hydrogen-bond acceptors (Lipinski definition) is 2. The summed E-state index contributed by atoms with van der Waals surface area (Å²) in [4.78, 5) is 23.4. The molecule has 220 valence electrons. The molecule has 0 aliphatic heterocycles. The Balaban J connectivity index is 4.52. The van der Waals surface area contributed by atoms with E-state index in [1.807, 2.05) is 0 Å². The Hall–Kier alpha value is -1.06. The van der Waals surface area contributed by atoms with Gasteiger partial charge in [0.15, 0.2) is 0 Å². The molecule has 2 unspecified atom stereocenters. The predicted molar refractivity (Wildman–Crippen MR) is 158 cm³/mol. The van der Waals surface area contributed by atoms with Crippen molar-refractivity contribution in [2.24, 2.45) is 17.3 Å². The van der Waals surface area contributed by atoms with Crippen LogP contribution in [0.5, 0.6) is 0 Å². The van der Waals surface area contributed by atoms with Gasteiger partial charge in [0.1, 0.15) is 0 Å². The number of hydrogen-bond donors (Lipinski definition) is 2. The third kappa shape index (κ3) is 18.8. The SMILES string of the molecule is CCCCC(CC)CC(CCCCCCCCCCCCCCC(=O)O)(CC(CC)CCCC)C(=O)O. The van der Waals surface area contributed by atoms with Crippen molar-refractivity contribution in [3.63, 3.8) is 0 Å². The molecule has 0 aromatic carbocycles. The second-order valence-corrected chi connectivity index (χ2v) is 12.0. The molecule has 37 heavy (non-hydrogen) atoms. The number of unbranched alkanes of at least 4 members (excludes halogenated alkanes) is 13. The maximum absolute atomic E-state index is 12.8. The fourth-order valence-corrected chi connectivity index (χ4v) is 6.07. The molecule has 4 nitrogen and oxygen atoms in total. The molecule has 0 radical (unpaired) electrons. The smallest absolute Gasteiger partial charge is 0.309 e. The summed E-state index contributed by atoms with van der Waals surface area (Å²) in [6, 6.07) is 0. The molecule has 0 rings (SSSR count). The Kier molecular flexibility index (Phi) is 23.3. The molecule has 0 amide bonds. The zero-order valence-electron chi connectivity index (χ0n) is 25.3. The third-order valence-corrected chi connectivity index (χ3v) is 8.70. The number of carbonyl (C=O) groups is 2. The van der Waals surface area contributed by atoms with Crippen molar-refractivity contribution in [2.45, 2.75) is 182 Å². The minimum Gasteiger partial charge on any atom is -0.481 e. The lowest BCUT2D eigenvalue weighted by Gasteiger charge is -2.36. The number of carboxylic acid groups (broad SMARTS) is 2. The van der Waals surface area contributed by atoms with Crippen LogP contribution in [-0.4, -0.2) is 22.2 Å². The molecule has 0 fully saturated rings.